The van der Waals surface area contributed by atoms with Crippen molar-refractivity contribution in [3.63, 3.8) is 0 Å². The highest BCUT2D eigenvalue weighted by Crippen LogP contribution is 2.20. The van der Waals surface area contributed by atoms with Crippen molar-refractivity contribution >= 4 is 0 Å². The fourth-order valence-corrected chi connectivity index (χ4v) is 1.70. The molecule has 2 heteroatoms. The Morgan fingerprint density at radius 3 is 2.70 bits per heavy atom. The van der Waals surface area contributed by atoms with Gasteiger partial charge in [0.25, 0.3) is 0 Å². The van der Waals surface area contributed by atoms with Crippen molar-refractivity contribution in [2.75, 3.05) is 13.1 Å². The molecule has 60 valence electrons. The van der Waals surface area contributed by atoms with Gasteiger partial charge in [-0.25, -0.2) is 0 Å². The molecule has 10 heavy (non-hydrogen) atoms. The van der Waals surface area contributed by atoms with Gasteiger partial charge in [0.1, 0.15) is 0 Å². The Hall–Kier alpha value is -0.0800. The number of hydrogen-bond donors (Lipinski definition) is 2. The highest BCUT2D eigenvalue weighted by atomic mass is 14.9. The van der Waals surface area contributed by atoms with E-state index in [-0.39, 0.29) is 0 Å². The van der Waals surface area contributed by atoms with E-state index in [4.69, 9.17) is 5.73 Å². The highest BCUT2D eigenvalue weighted by molar-refractivity contribution is 4.80. The van der Waals surface area contributed by atoms with Gasteiger partial charge in [-0.05, 0) is 38.3 Å². The van der Waals surface area contributed by atoms with Gasteiger partial charge in [0.2, 0.25) is 0 Å². The molecule has 0 aromatic carbocycles. The van der Waals surface area contributed by atoms with Gasteiger partial charge in [0.15, 0.2) is 0 Å². The average Bonchev–Trinajstić information content (AvgIpc) is 1.88. The molecule has 0 bridgehead atoms. The van der Waals surface area contributed by atoms with E-state index in [0.29, 0.717) is 12.0 Å². The fourth-order valence-electron chi connectivity index (χ4n) is 1.70. The maximum absolute atomic E-state index is 5.60. The summed E-state index contributed by atoms with van der Waals surface area (Å²) in [5.41, 5.74) is 5.60. The largest absolute Gasteiger partial charge is 0.330 e. The lowest BCUT2D eigenvalue weighted by Crippen LogP contribution is -2.44. The van der Waals surface area contributed by atoms with Crippen LogP contribution in [-0.4, -0.2) is 19.1 Å². The summed E-state index contributed by atoms with van der Waals surface area (Å²) in [7, 11) is 0. The minimum Gasteiger partial charge on any atom is -0.330 e. The van der Waals surface area contributed by atoms with Gasteiger partial charge in [-0.1, -0.05) is 6.92 Å². The van der Waals surface area contributed by atoms with Crippen LogP contribution in [0, 0.1) is 11.8 Å². The smallest absolute Gasteiger partial charge is 0.00415 e. The maximum atomic E-state index is 5.60. The number of nitrogens with one attached hydrogen (secondary N) is 1. The summed E-state index contributed by atoms with van der Waals surface area (Å²) >= 11 is 0. The highest BCUT2D eigenvalue weighted by Gasteiger charge is 2.22. The van der Waals surface area contributed by atoms with Crippen molar-refractivity contribution in [1.82, 2.24) is 5.32 Å². The summed E-state index contributed by atoms with van der Waals surface area (Å²) in [6.45, 7) is 6.48. The second kappa shape index (κ2) is 3.35. The zero-order valence-electron chi connectivity index (χ0n) is 6.93. The lowest BCUT2D eigenvalue weighted by molar-refractivity contribution is 0.239. The molecule has 0 saturated carbocycles. The molecule has 3 atom stereocenters. The van der Waals surface area contributed by atoms with Gasteiger partial charge in [0, 0.05) is 6.04 Å². The van der Waals surface area contributed by atoms with Crippen molar-refractivity contribution in [2.45, 2.75) is 26.3 Å². The first-order chi connectivity index (χ1) is 4.74. The van der Waals surface area contributed by atoms with E-state index in [1.165, 1.54) is 6.42 Å². The number of nitrogens with two attached hydrogens (primary N) is 1. The summed E-state index contributed by atoms with van der Waals surface area (Å²) in [5, 5.41) is 3.43. The minimum atomic E-state index is 0.692. The first-order valence-electron chi connectivity index (χ1n) is 4.17. The Morgan fingerprint density at radius 2 is 2.20 bits per heavy atom. The van der Waals surface area contributed by atoms with Crippen LogP contribution in [0.3, 0.4) is 0 Å². The fraction of sp³-hybridized carbons (Fsp3) is 1.00. The van der Waals surface area contributed by atoms with E-state index < -0.39 is 0 Å². The van der Waals surface area contributed by atoms with Gasteiger partial charge in [0.05, 0.1) is 0 Å². The summed E-state index contributed by atoms with van der Waals surface area (Å²) in [4.78, 5) is 0. The third-order valence-corrected chi connectivity index (χ3v) is 2.56. The van der Waals surface area contributed by atoms with Gasteiger partial charge >= 0.3 is 0 Å². The number of piperidine rings is 1. The molecule has 0 aromatic rings. The van der Waals surface area contributed by atoms with Crippen LogP contribution in [0.1, 0.15) is 20.3 Å². The zero-order chi connectivity index (χ0) is 7.56. The summed E-state index contributed by atoms with van der Waals surface area (Å²) in [5.74, 6) is 1.51. The average molecular weight is 142 g/mol. The van der Waals surface area contributed by atoms with E-state index in [1.807, 2.05) is 0 Å². The van der Waals surface area contributed by atoms with Crippen LogP contribution in [0.5, 0.6) is 0 Å². The molecule has 1 aliphatic rings. The first kappa shape index (κ1) is 8.02. The minimum absolute atomic E-state index is 0.692. The predicted molar refractivity (Wildman–Crippen MR) is 43.8 cm³/mol. The molecule has 1 heterocycles. The Labute approximate surface area is 63.2 Å². The third kappa shape index (κ3) is 1.70. The van der Waals surface area contributed by atoms with Crippen LogP contribution < -0.4 is 11.1 Å². The maximum Gasteiger partial charge on any atom is 0.00415 e. The normalized spacial score (nSPS) is 41.7. The molecule has 2 nitrogen and oxygen atoms in total. The standard InChI is InChI=1S/C8H18N2/c1-6-3-7(2)10-5-8(6)4-9/h6-8,10H,3-5,9H2,1-2H3. The Kier molecular flexibility index (Phi) is 2.69. The van der Waals surface area contributed by atoms with Gasteiger partial charge in [-0.2, -0.15) is 0 Å². The first-order valence-corrected chi connectivity index (χ1v) is 4.17. The van der Waals surface area contributed by atoms with E-state index in [0.717, 1.165) is 19.0 Å². The monoisotopic (exact) mass is 142 g/mol. The summed E-state index contributed by atoms with van der Waals surface area (Å²) < 4.78 is 0. The molecule has 0 aliphatic carbocycles. The summed E-state index contributed by atoms with van der Waals surface area (Å²) in [6, 6.07) is 0.692. The molecule has 3 N–H and O–H groups in total. The molecule has 0 radical (unpaired) electrons. The Morgan fingerprint density at radius 1 is 1.50 bits per heavy atom. The van der Waals surface area contributed by atoms with Crippen molar-refractivity contribution in [2.24, 2.45) is 17.6 Å². The van der Waals surface area contributed by atoms with Crippen LogP contribution in [-0.2, 0) is 0 Å². The number of hydrogen-bond acceptors (Lipinski definition) is 2. The molecule has 0 spiro atoms. The van der Waals surface area contributed by atoms with Crippen LogP contribution in [0.25, 0.3) is 0 Å². The molecule has 1 aliphatic heterocycles. The summed E-state index contributed by atoms with van der Waals surface area (Å²) in [6.07, 6.45) is 1.28. The second-order valence-corrected chi connectivity index (χ2v) is 3.52. The second-order valence-electron chi connectivity index (χ2n) is 3.52. The van der Waals surface area contributed by atoms with Gasteiger partial charge < -0.3 is 11.1 Å². The lowest BCUT2D eigenvalue weighted by atomic mass is 9.85. The van der Waals surface area contributed by atoms with Gasteiger partial charge in [-0.15, -0.1) is 0 Å². The number of rotatable bonds is 1. The van der Waals surface area contributed by atoms with E-state index in [2.05, 4.69) is 19.2 Å². The third-order valence-electron chi connectivity index (χ3n) is 2.56. The molecular formula is C8H18N2. The molecule has 0 amide bonds. The van der Waals surface area contributed by atoms with E-state index in [9.17, 15) is 0 Å². The van der Waals surface area contributed by atoms with Crippen molar-refractivity contribution in [3.05, 3.63) is 0 Å². The van der Waals surface area contributed by atoms with Crippen LogP contribution >= 0.6 is 0 Å². The lowest BCUT2D eigenvalue weighted by Gasteiger charge is -2.32. The molecular weight excluding hydrogens is 124 g/mol. The SMILES string of the molecule is CC1CC(C)C(CN)CN1. The zero-order valence-corrected chi connectivity index (χ0v) is 6.93. The van der Waals surface area contributed by atoms with Crippen LogP contribution in [0.2, 0.25) is 0 Å². The van der Waals surface area contributed by atoms with E-state index >= 15 is 0 Å². The van der Waals surface area contributed by atoms with Gasteiger partial charge in [-0.3, -0.25) is 0 Å². The molecule has 1 rings (SSSR count). The quantitative estimate of drug-likeness (QED) is 0.562. The molecule has 1 fully saturated rings. The molecule has 0 aromatic heterocycles. The van der Waals surface area contributed by atoms with Crippen LogP contribution in [0.15, 0.2) is 0 Å². The van der Waals surface area contributed by atoms with E-state index in [1.54, 1.807) is 0 Å². The molecule has 3 unspecified atom stereocenters. The Bertz CT molecular complexity index is 103. The van der Waals surface area contributed by atoms with Crippen molar-refractivity contribution in [3.8, 4) is 0 Å². The van der Waals surface area contributed by atoms with Crippen molar-refractivity contribution < 1.29 is 0 Å². The topological polar surface area (TPSA) is 38.0 Å². The predicted octanol–water partition coefficient (Wildman–Crippen LogP) is 0.579. The van der Waals surface area contributed by atoms with Crippen LogP contribution in [0.4, 0.5) is 0 Å². The van der Waals surface area contributed by atoms with Crippen molar-refractivity contribution in [1.29, 1.82) is 0 Å². The molecule has 1 saturated heterocycles. The Balaban J connectivity index is 2.36.